The van der Waals surface area contributed by atoms with E-state index in [4.69, 9.17) is 4.74 Å². The smallest absolute Gasteiger partial charge is 0.254 e. The maximum atomic E-state index is 12.6. The minimum Gasteiger partial charge on any atom is -0.378 e. The Balaban J connectivity index is 1.54. The van der Waals surface area contributed by atoms with Crippen LogP contribution in [-0.4, -0.2) is 55.5 Å². The lowest BCUT2D eigenvalue weighted by molar-refractivity contribution is -0.116. The molecule has 3 N–H and O–H groups in total. The molecule has 3 rings (SSSR count). The van der Waals surface area contributed by atoms with Gasteiger partial charge in [0.1, 0.15) is 0 Å². The average molecular weight is 410 g/mol. The Morgan fingerprint density at radius 3 is 2.23 bits per heavy atom. The van der Waals surface area contributed by atoms with E-state index in [9.17, 15) is 14.4 Å². The highest BCUT2D eigenvalue weighted by Gasteiger charge is 2.18. The molecule has 0 atom stereocenters. The van der Waals surface area contributed by atoms with E-state index in [1.54, 1.807) is 54.3 Å². The second-order valence-electron chi connectivity index (χ2n) is 6.87. The SMILES string of the molecule is CCC(=O)Nc1cccc(NC(=O)CNc2cccc(C(=O)N3CCOCC3)c2)c1. The molecule has 0 aromatic heterocycles. The zero-order valence-corrected chi connectivity index (χ0v) is 16.9. The topological polar surface area (TPSA) is 99.8 Å². The minimum absolute atomic E-state index is 0.0424. The first kappa shape index (κ1) is 21.3. The van der Waals surface area contributed by atoms with Crippen molar-refractivity contribution in [2.45, 2.75) is 13.3 Å². The highest BCUT2D eigenvalue weighted by molar-refractivity contribution is 5.97. The number of ether oxygens (including phenoxy) is 1. The maximum absolute atomic E-state index is 12.6. The van der Waals surface area contributed by atoms with E-state index in [-0.39, 0.29) is 24.3 Å². The maximum Gasteiger partial charge on any atom is 0.254 e. The van der Waals surface area contributed by atoms with Crippen molar-refractivity contribution < 1.29 is 19.1 Å². The van der Waals surface area contributed by atoms with Gasteiger partial charge in [0.05, 0.1) is 19.8 Å². The average Bonchev–Trinajstić information content (AvgIpc) is 2.78. The third kappa shape index (κ3) is 6.05. The lowest BCUT2D eigenvalue weighted by Crippen LogP contribution is -2.40. The molecule has 2 aromatic carbocycles. The fourth-order valence-corrected chi connectivity index (χ4v) is 3.02. The van der Waals surface area contributed by atoms with Gasteiger partial charge in [0.25, 0.3) is 5.91 Å². The summed E-state index contributed by atoms with van der Waals surface area (Å²) in [5.74, 6) is -0.372. The predicted molar refractivity (Wildman–Crippen MR) is 116 cm³/mol. The summed E-state index contributed by atoms with van der Waals surface area (Å²) in [5, 5.41) is 8.59. The molecule has 1 aliphatic rings. The molecule has 158 valence electrons. The van der Waals surface area contributed by atoms with Crippen molar-refractivity contribution in [3.63, 3.8) is 0 Å². The van der Waals surface area contributed by atoms with Crippen molar-refractivity contribution in [3.05, 3.63) is 54.1 Å². The summed E-state index contributed by atoms with van der Waals surface area (Å²) in [6, 6.07) is 14.1. The van der Waals surface area contributed by atoms with E-state index in [0.717, 1.165) is 0 Å². The summed E-state index contributed by atoms with van der Waals surface area (Å²) < 4.78 is 5.28. The number of anilines is 3. The molecular formula is C22H26N4O4. The first-order chi connectivity index (χ1) is 14.5. The molecule has 0 radical (unpaired) electrons. The van der Waals surface area contributed by atoms with Gasteiger partial charge in [0.15, 0.2) is 0 Å². The van der Waals surface area contributed by atoms with Gasteiger partial charge in [-0.25, -0.2) is 0 Å². The Labute approximate surface area is 175 Å². The lowest BCUT2D eigenvalue weighted by atomic mass is 10.1. The molecule has 8 nitrogen and oxygen atoms in total. The molecule has 3 amide bonds. The van der Waals surface area contributed by atoms with E-state index in [1.807, 2.05) is 6.07 Å². The van der Waals surface area contributed by atoms with Crippen molar-refractivity contribution >= 4 is 34.8 Å². The number of benzene rings is 2. The molecule has 1 fully saturated rings. The van der Waals surface area contributed by atoms with Crippen LogP contribution in [-0.2, 0) is 14.3 Å². The minimum atomic E-state index is -0.237. The van der Waals surface area contributed by atoms with E-state index >= 15 is 0 Å². The number of rotatable bonds is 7. The zero-order chi connectivity index (χ0) is 21.3. The van der Waals surface area contributed by atoms with Crippen LogP contribution in [0.5, 0.6) is 0 Å². The molecule has 8 heteroatoms. The van der Waals surface area contributed by atoms with E-state index in [1.165, 1.54) is 0 Å². The summed E-state index contributed by atoms with van der Waals surface area (Å²) in [5.41, 5.74) is 2.48. The fourth-order valence-electron chi connectivity index (χ4n) is 3.02. The molecule has 0 bridgehead atoms. The predicted octanol–water partition coefficient (Wildman–Crippen LogP) is 2.56. The van der Waals surface area contributed by atoms with Gasteiger partial charge in [-0.3, -0.25) is 14.4 Å². The van der Waals surface area contributed by atoms with E-state index in [2.05, 4.69) is 16.0 Å². The molecule has 1 heterocycles. The van der Waals surface area contributed by atoms with Crippen molar-refractivity contribution in [2.75, 3.05) is 48.8 Å². The van der Waals surface area contributed by atoms with Crippen molar-refractivity contribution in [2.24, 2.45) is 0 Å². The summed E-state index contributed by atoms with van der Waals surface area (Å²) in [6.45, 7) is 4.07. The van der Waals surface area contributed by atoms with Gasteiger partial charge in [-0.05, 0) is 36.4 Å². The van der Waals surface area contributed by atoms with E-state index < -0.39 is 0 Å². The van der Waals surface area contributed by atoms with Crippen LogP contribution in [0.4, 0.5) is 17.1 Å². The number of amides is 3. The van der Waals surface area contributed by atoms with Crippen molar-refractivity contribution in [3.8, 4) is 0 Å². The molecule has 30 heavy (non-hydrogen) atoms. The third-order valence-corrected chi connectivity index (χ3v) is 4.61. The van der Waals surface area contributed by atoms with Crippen LogP contribution in [0.15, 0.2) is 48.5 Å². The van der Waals surface area contributed by atoms with Crippen LogP contribution >= 0.6 is 0 Å². The van der Waals surface area contributed by atoms with Gasteiger partial charge in [-0.1, -0.05) is 19.1 Å². The number of carbonyl (C=O) groups excluding carboxylic acids is 3. The van der Waals surface area contributed by atoms with Gasteiger partial charge in [0, 0.05) is 42.1 Å². The van der Waals surface area contributed by atoms with Gasteiger partial charge in [-0.2, -0.15) is 0 Å². The number of carbonyl (C=O) groups is 3. The molecule has 0 aliphatic carbocycles. The van der Waals surface area contributed by atoms with Gasteiger partial charge in [-0.15, -0.1) is 0 Å². The summed E-state index contributed by atoms with van der Waals surface area (Å²) in [7, 11) is 0. The van der Waals surface area contributed by atoms with Gasteiger partial charge < -0.3 is 25.6 Å². The van der Waals surface area contributed by atoms with Crippen LogP contribution in [0.1, 0.15) is 23.7 Å². The zero-order valence-electron chi connectivity index (χ0n) is 16.9. The first-order valence-corrected chi connectivity index (χ1v) is 9.96. The summed E-state index contributed by atoms with van der Waals surface area (Å²) in [6.07, 6.45) is 0.383. The van der Waals surface area contributed by atoms with E-state index in [0.29, 0.717) is 55.3 Å². The summed E-state index contributed by atoms with van der Waals surface area (Å²) in [4.78, 5) is 38.2. The number of nitrogens with one attached hydrogen (secondary N) is 3. The Bertz CT molecular complexity index is 910. The monoisotopic (exact) mass is 410 g/mol. The van der Waals surface area contributed by atoms with Crippen molar-refractivity contribution in [1.29, 1.82) is 0 Å². The Morgan fingerprint density at radius 2 is 1.53 bits per heavy atom. The highest BCUT2D eigenvalue weighted by Crippen LogP contribution is 2.16. The standard InChI is InChI=1S/C22H26N4O4/c1-2-20(27)24-18-7-4-8-19(14-18)25-21(28)15-23-17-6-3-5-16(13-17)22(29)26-9-11-30-12-10-26/h3-8,13-14,23H,2,9-12,15H2,1H3,(H,24,27)(H,25,28). The Kier molecular flexibility index (Phi) is 7.40. The van der Waals surface area contributed by atoms with Crippen molar-refractivity contribution in [1.82, 2.24) is 4.90 Å². The second kappa shape index (κ2) is 10.4. The first-order valence-electron chi connectivity index (χ1n) is 9.96. The fraction of sp³-hybridized carbons (Fsp3) is 0.318. The van der Waals surface area contributed by atoms with Crippen LogP contribution in [0.25, 0.3) is 0 Å². The largest absolute Gasteiger partial charge is 0.378 e. The molecule has 1 saturated heterocycles. The third-order valence-electron chi connectivity index (χ3n) is 4.61. The molecule has 1 aliphatic heterocycles. The quantitative estimate of drug-likeness (QED) is 0.651. The molecule has 0 unspecified atom stereocenters. The lowest BCUT2D eigenvalue weighted by Gasteiger charge is -2.27. The number of nitrogens with zero attached hydrogens (tertiary/aromatic N) is 1. The summed E-state index contributed by atoms with van der Waals surface area (Å²) >= 11 is 0. The molecular weight excluding hydrogens is 384 g/mol. The Hall–Kier alpha value is -3.39. The number of morpholine rings is 1. The van der Waals surface area contributed by atoms with Crippen LogP contribution in [0.2, 0.25) is 0 Å². The van der Waals surface area contributed by atoms with Gasteiger partial charge in [0.2, 0.25) is 11.8 Å². The number of hydrogen-bond donors (Lipinski definition) is 3. The highest BCUT2D eigenvalue weighted by atomic mass is 16.5. The van der Waals surface area contributed by atoms with Gasteiger partial charge >= 0.3 is 0 Å². The second-order valence-corrected chi connectivity index (χ2v) is 6.87. The van der Waals surface area contributed by atoms with Crippen LogP contribution in [0, 0.1) is 0 Å². The molecule has 0 saturated carbocycles. The normalized spacial score (nSPS) is 13.4. The number of hydrogen-bond acceptors (Lipinski definition) is 5. The van der Waals surface area contributed by atoms with Crippen LogP contribution in [0.3, 0.4) is 0 Å². The molecule has 2 aromatic rings. The van der Waals surface area contributed by atoms with Crippen LogP contribution < -0.4 is 16.0 Å². The Morgan fingerprint density at radius 1 is 0.900 bits per heavy atom. The molecule has 0 spiro atoms.